The number of methoxy groups -OCH3 is 1. The molecular formula is C15H17NO5. The molecule has 0 aliphatic carbocycles. The summed E-state index contributed by atoms with van der Waals surface area (Å²) in [6, 6.07) is 5.04. The number of ether oxygens (including phenoxy) is 1. The second-order valence-corrected chi connectivity index (χ2v) is 5.09. The lowest BCUT2D eigenvalue weighted by molar-refractivity contribution is -0.149. The lowest BCUT2D eigenvalue weighted by Crippen LogP contribution is -2.41. The topological polar surface area (TPSA) is 83.9 Å². The van der Waals surface area contributed by atoms with E-state index in [1.807, 2.05) is 0 Å². The number of carbonyl (C=O) groups is 3. The maximum atomic E-state index is 12.4. The molecule has 0 spiro atoms. The standard InChI is InChI=1S/C15H17NO5/c1-8-5-4-6-10-12(8)14(19)16(13(10)18)7-11(9(2)17)15(20)21-3/h4-6,9,11,17H,7H2,1-3H3/t9-,11+/m1/s1. The first-order valence-electron chi connectivity index (χ1n) is 6.60. The van der Waals surface area contributed by atoms with Gasteiger partial charge in [0.25, 0.3) is 11.8 Å². The van der Waals surface area contributed by atoms with Crippen molar-refractivity contribution in [1.29, 1.82) is 0 Å². The lowest BCUT2D eigenvalue weighted by Gasteiger charge is -2.22. The Labute approximate surface area is 122 Å². The van der Waals surface area contributed by atoms with Crippen molar-refractivity contribution in [3.63, 3.8) is 0 Å². The summed E-state index contributed by atoms with van der Waals surface area (Å²) >= 11 is 0. The largest absolute Gasteiger partial charge is 0.469 e. The first-order chi connectivity index (χ1) is 9.88. The molecule has 0 saturated carbocycles. The average Bonchev–Trinajstić information content (AvgIpc) is 2.68. The highest BCUT2D eigenvalue weighted by Gasteiger charge is 2.40. The number of benzene rings is 1. The summed E-state index contributed by atoms with van der Waals surface area (Å²) in [5.74, 6) is -2.51. The van der Waals surface area contributed by atoms with Crippen molar-refractivity contribution < 1.29 is 24.2 Å². The fourth-order valence-electron chi connectivity index (χ4n) is 2.44. The minimum atomic E-state index is -1.03. The Morgan fingerprint density at radius 1 is 1.33 bits per heavy atom. The van der Waals surface area contributed by atoms with Gasteiger partial charge in [-0.15, -0.1) is 0 Å². The maximum Gasteiger partial charge on any atom is 0.313 e. The summed E-state index contributed by atoms with van der Waals surface area (Å²) in [4.78, 5) is 37.3. The van der Waals surface area contributed by atoms with Crippen LogP contribution in [0.5, 0.6) is 0 Å². The van der Waals surface area contributed by atoms with Gasteiger partial charge >= 0.3 is 5.97 Å². The molecule has 6 nitrogen and oxygen atoms in total. The van der Waals surface area contributed by atoms with Crippen LogP contribution < -0.4 is 0 Å². The van der Waals surface area contributed by atoms with Gasteiger partial charge in [-0.2, -0.15) is 0 Å². The Hall–Kier alpha value is -2.21. The van der Waals surface area contributed by atoms with Crippen molar-refractivity contribution in [2.45, 2.75) is 20.0 Å². The van der Waals surface area contributed by atoms with Gasteiger partial charge in [-0.05, 0) is 25.5 Å². The summed E-state index contributed by atoms with van der Waals surface area (Å²) in [5, 5.41) is 9.67. The normalized spacial score (nSPS) is 16.7. The number of carbonyl (C=O) groups excluding carboxylic acids is 3. The second-order valence-electron chi connectivity index (χ2n) is 5.09. The fourth-order valence-corrected chi connectivity index (χ4v) is 2.44. The van der Waals surface area contributed by atoms with E-state index in [4.69, 9.17) is 0 Å². The summed E-state index contributed by atoms with van der Waals surface area (Å²) in [6.45, 7) is 2.97. The quantitative estimate of drug-likeness (QED) is 0.654. The number of esters is 1. The van der Waals surface area contributed by atoms with Crippen LogP contribution in [0.4, 0.5) is 0 Å². The van der Waals surface area contributed by atoms with Crippen LogP contribution >= 0.6 is 0 Å². The van der Waals surface area contributed by atoms with Crippen molar-refractivity contribution in [3.8, 4) is 0 Å². The molecule has 1 aromatic rings. The average molecular weight is 291 g/mol. The smallest absolute Gasteiger partial charge is 0.313 e. The highest BCUT2D eigenvalue weighted by molar-refractivity contribution is 6.22. The van der Waals surface area contributed by atoms with E-state index in [1.165, 1.54) is 14.0 Å². The Morgan fingerprint density at radius 3 is 2.52 bits per heavy atom. The zero-order chi connectivity index (χ0) is 15.7. The van der Waals surface area contributed by atoms with Gasteiger partial charge in [-0.3, -0.25) is 19.3 Å². The first kappa shape index (κ1) is 15.2. The van der Waals surface area contributed by atoms with Crippen molar-refractivity contribution in [3.05, 3.63) is 34.9 Å². The van der Waals surface area contributed by atoms with Crippen molar-refractivity contribution in [2.24, 2.45) is 5.92 Å². The van der Waals surface area contributed by atoms with Crippen molar-refractivity contribution in [1.82, 2.24) is 4.90 Å². The molecule has 0 unspecified atom stereocenters. The van der Waals surface area contributed by atoms with E-state index in [0.717, 1.165) is 4.90 Å². The van der Waals surface area contributed by atoms with Gasteiger partial charge in [0.05, 0.1) is 24.3 Å². The predicted octanol–water partition coefficient (Wildman–Crippen LogP) is 0.761. The SMILES string of the molecule is COC(=O)[C@@H](CN1C(=O)c2cccc(C)c2C1=O)[C@@H](C)O. The second kappa shape index (κ2) is 5.65. The Bertz CT molecular complexity index is 608. The number of imide groups is 1. The number of aliphatic hydroxyl groups excluding tert-OH is 1. The maximum absolute atomic E-state index is 12.4. The van der Waals surface area contributed by atoms with Crippen LogP contribution in [0.2, 0.25) is 0 Å². The Morgan fingerprint density at radius 2 is 2.00 bits per heavy atom. The third-order valence-corrected chi connectivity index (χ3v) is 3.67. The third kappa shape index (κ3) is 2.54. The van der Waals surface area contributed by atoms with Gasteiger partial charge in [0.15, 0.2) is 0 Å². The van der Waals surface area contributed by atoms with Crippen LogP contribution in [0.15, 0.2) is 18.2 Å². The van der Waals surface area contributed by atoms with E-state index in [2.05, 4.69) is 4.74 Å². The number of hydrogen-bond donors (Lipinski definition) is 1. The molecule has 1 aromatic carbocycles. The van der Waals surface area contributed by atoms with E-state index in [1.54, 1.807) is 25.1 Å². The summed E-state index contributed by atoms with van der Waals surface area (Å²) in [7, 11) is 1.20. The number of rotatable bonds is 4. The molecule has 0 fully saturated rings. The predicted molar refractivity (Wildman–Crippen MR) is 73.7 cm³/mol. The Kier molecular flexibility index (Phi) is 4.09. The minimum absolute atomic E-state index is 0.198. The van der Waals surface area contributed by atoms with Crippen LogP contribution in [-0.4, -0.2) is 47.5 Å². The van der Waals surface area contributed by atoms with Crippen molar-refractivity contribution >= 4 is 17.8 Å². The van der Waals surface area contributed by atoms with Gasteiger partial charge in [0, 0.05) is 6.54 Å². The highest BCUT2D eigenvalue weighted by atomic mass is 16.5. The fraction of sp³-hybridized carbons (Fsp3) is 0.400. The number of aryl methyl sites for hydroxylation is 1. The number of amides is 2. The molecule has 0 aromatic heterocycles. The van der Waals surface area contributed by atoms with E-state index in [9.17, 15) is 19.5 Å². The third-order valence-electron chi connectivity index (χ3n) is 3.67. The zero-order valence-corrected chi connectivity index (χ0v) is 12.1. The van der Waals surface area contributed by atoms with Crippen molar-refractivity contribution in [2.75, 3.05) is 13.7 Å². The zero-order valence-electron chi connectivity index (χ0n) is 12.1. The minimum Gasteiger partial charge on any atom is -0.469 e. The van der Waals surface area contributed by atoms with Crippen LogP contribution in [-0.2, 0) is 9.53 Å². The van der Waals surface area contributed by atoms with E-state index in [-0.39, 0.29) is 6.54 Å². The van der Waals surface area contributed by atoms with E-state index >= 15 is 0 Å². The number of hydrogen-bond acceptors (Lipinski definition) is 5. The summed E-state index contributed by atoms with van der Waals surface area (Å²) in [5.41, 5.74) is 1.39. The molecular weight excluding hydrogens is 274 g/mol. The molecule has 1 N–H and O–H groups in total. The number of fused-ring (bicyclic) bond motifs is 1. The van der Waals surface area contributed by atoms with Crippen LogP contribution in [0.3, 0.4) is 0 Å². The molecule has 2 amide bonds. The van der Waals surface area contributed by atoms with Crippen LogP contribution in [0.25, 0.3) is 0 Å². The first-order valence-corrected chi connectivity index (χ1v) is 6.60. The monoisotopic (exact) mass is 291 g/mol. The molecule has 0 radical (unpaired) electrons. The van der Waals surface area contributed by atoms with Gasteiger partial charge < -0.3 is 9.84 Å². The number of nitrogens with zero attached hydrogens (tertiary/aromatic N) is 1. The molecule has 2 rings (SSSR count). The molecule has 1 aliphatic rings. The van der Waals surface area contributed by atoms with Gasteiger partial charge in [-0.1, -0.05) is 12.1 Å². The van der Waals surface area contributed by atoms with Crippen LogP contribution in [0, 0.1) is 12.8 Å². The summed E-state index contributed by atoms with van der Waals surface area (Å²) < 4.78 is 4.61. The highest BCUT2D eigenvalue weighted by Crippen LogP contribution is 2.27. The van der Waals surface area contributed by atoms with Gasteiger partial charge in [-0.25, -0.2) is 0 Å². The van der Waals surface area contributed by atoms with Gasteiger partial charge in [0.2, 0.25) is 0 Å². The molecule has 1 aliphatic heterocycles. The molecule has 21 heavy (non-hydrogen) atoms. The molecule has 1 heterocycles. The van der Waals surface area contributed by atoms with Gasteiger partial charge in [0.1, 0.15) is 5.92 Å². The lowest BCUT2D eigenvalue weighted by atomic mass is 10.0. The Balaban J connectivity index is 2.31. The molecule has 0 saturated heterocycles. The summed E-state index contributed by atoms with van der Waals surface area (Å²) in [6.07, 6.45) is -1.03. The van der Waals surface area contributed by atoms with Crippen LogP contribution in [0.1, 0.15) is 33.2 Å². The molecule has 6 heteroatoms. The van der Waals surface area contributed by atoms with E-state index < -0.39 is 29.8 Å². The molecule has 2 atom stereocenters. The number of aliphatic hydroxyl groups is 1. The van der Waals surface area contributed by atoms with E-state index in [0.29, 0.717) is 16.7 Å². The molecule has 0 bridgehead atoms. The molecule has 112 valence electrons.